The fourth-order valence-electron chi connectivity index (χ4n) is 4.40. The van der Waals surface area contributed by atoms with Gasteiger partial charge in [-0.2, -0.15) is 0 Å². The van der Waals surface area contributed by atoms with E-state index in [1.807, 2.05) is 106 Å². The summed E-state index contributed by atoms with van der Waals surface area (Å²) in [5.41, 5.74) is 6.09. The predicted molar refractivity (Wildman–Crippen MR) is 212 cm³/mol. The normalized spacial score (nSPS) is 10.1. The van der Waals surface area contributed by atoms with Crippen LogP contribution in [0, 0.1) is 23.7 Å². The Morgan fingerprint density at radius 2 is 0.849 bits per heavy atom. The molecule has 0 aliphatic rings. The third kappa shape index (κ3) is 18.9. The molecular weight excluding hydrogens is 671 g/mol. The zero-order valence-electron chi connectivity index (χ0n) is 31.5. The average Bonchev–Trinajstić information content (AvgIpc) is 3.20. The van der Waals surface area contributed by atoms with Crippen LogP contribution >= 0.6 is 0 Å². The number of hydrogen-bond donors (Lipinski definition) is 1. The molecule has 9 heteroatoms. The lowest BCUT2D eigenvalue weighted by Gasteiger charge is -2.11. The summed E-state index contributed by atoms with van der Waals surface area (Å²) in [6, 6.07) is 31.6. The molecular formula is C44H53FN2O6. The first-order chi connectivity index (χ1) is 26.0. The lowest BCUT2D eigenvalue weighted by Crippen LogP contribution is -2.11. The van der Waals surface area contributed by atoms with Gasteiger partial charge in [-0.1, -0.05) is 30.6 Å². The molecule has 1 N–H and O–H groups in total. The Kier molecular flexibility index (Phi) is 21.4. The number of hydrogen-bond acceptors (Lipinski definition) is 8. The number of rotatable bonds is 20. The third-order valence-corrected chi connectivity index (χ3v) is 7.28. The maximum Gasteiger partial charge on any atom is 0.119 e. The van der Waals surface area contributed by atoms with Crippen LogP contribution in [0.5, 0.6) is 11.5 Å². The average molecular weight is 725 g/mol. The number of nitrogens with one attached hydrogen (secondary N) is 1. The van der Waals surface area contributed by atoms with E-state index in [1.54, 1.807) is 0 Å². The molecule has 8 nitrogen and oxygen atoms in total. The molecule has 0 fully saturated rings. The Hall–Kier alpha value is -5.03. The zero-order valence-corrected chi connectivity index (χ0v) is 31.5. The van der Waals surface area contributed by atoms with Crippen molar-refractivity contribution in [1.29, 1.82) is 0 Å². The standard InChI is InChI=1S/C22H26FNO3.C22H27NO3/c1-24(2)21-9-5-19(6-10-21)3-4-20-7-11-22(12-8-20)27-18-17-26-16-15-25-14-13-23;1-3-14-24-15-16-25-17-18-26-22-12-8-20(9-13-22)5-4-19-6-10-21(23-2)11-7-19/h5-12H,13-18H2,1-2H3;6-13,23H,3,14-18H2,1-2H3. The smallest absolute Gasteiger partial charge is 0.119 e. The number of benzene rings is 4. The van der Waals surface area contributed by atoms with Crippen molar-refractivity contribution in [2.75, 3.05) is 104 Å². The van der Waals surface area contributed by atoms with Gasteiger partial charge in [-0.25, -0.2) is 4.39 Å². The predicted octanol–water partition coefficient (Wildman–Crippen LogP) is 7.48. The van der Waals surface area contributed by atoms with E-state index in [0.29, 0.717) is 52.9 Å². The van der Waals surface area contributed by atoms with Crippen LogP contribution in [0.4, 0.5) is 15.8 Å². The molecule has 0 amide bonds. The lowest BCUT2D eigenvalue weighted by atomic mass is 10.1. The highest BCUT2D eigenvalue weighted by atomic mass is 19.1. The van der Waals surface area contributed by atoms with Crippen molar-refractivity contribution < 1.29 is 32.8 Å². The van der Waals surface area contributed by atoms with Crippen molar-refractivity contribution in [3.63, 3.8) is 0 Å². The highest BCUT2D eigenvalue weighted by Gasteiger charge is 1.98. The van der Waals surface area contributed by atoms with Crippen molar-refractivity contribution in [3.8, 4) is 35.2 Å². The van der Waals surface area contributed by atoms with Gasteiger partial charge >= 0.3 is 0 Å². The third-order valence-electron chi connectivity index (χ3n) is 7.28. The Morgan fingerprint density at radius 3 is 1.23 bits per heavy atom. The van der Waals surface area contributed by atoms with Crippen molar-refractivity contribution in [1.82, 2.24) is 0 Å². The molecule has 4 rings (SSSR count). The van der Waals surface area contributed by atoms with Crippen molar-refractivity contribution in [2.45, 2.75) is 13.3 Å². The topological polar surface area (TPSA) is 70.7 Å². The second-order valence-corrected chi connectivity index (χ2v) is 11.7. The van der Waals surface area contributed by atoms with Gasteiger partial charge in [0.1, 0.15) is 31.4 Å². The van der Waals surface area contributed by atoms with Crippen LogP contribution in [0.3, 0.4) is 0 Å². The number of anilines is 2. The SMILES string of the molecule is CCCOCCOCCOc1ccc(C#Cc2ccc(NC)cc2)cc1.CN(C)c1ccc(C#Cc2ccc(OCCOCCOCCF)cc2)cc1. The summed E-state index contributed by atoms with van der Waals surface area (Å²) in [6.07, 6.45) is 1.03. The van der Waals surface area contributed by atoms with Gasteiger partial charge in [0.25, 0.3) is 0 Å². The van der Waals surface area contributed by atoms with E-state index < -0.39 is 6.67 Å². The molecule has 0 atom stereocenters. The highest BCUT2D eigenvalue weighted by molar-refractivity contribution is 5.52. The number of halogens is 1. The fraction of sp³-hybridized carbons (Fsp3) is 0.364. The van der Waals surface area contributed by atoms with Gasteiger partial charge < -0.3 is 38.6 Å². The van der Waals surface area contributed by atoms with Crippen LogP contribution < -0.4 is 19.7 Å². The summed E-state index contributed by atoms with van der Waals surface area (Å²) in [4.78, 5) is 2.06. The molecule has 282 valence electrons. The number of ether oxygens (including phenoxy) is 6. The maximum atomic E-state index is 11.8. The largest absolute Gasteiger partial charge is 0.491 e. The summed E-state index contributed by atoms with van der Waals surface area (Å²) in [6.45, 7) is 6.60. The quantitative estimate of drug-likeness (QED) is 0.0744. The monoisotopic (exact) mass is 724 g/mol. The van der Waals surface area contributed by atoms with E-state index in [1.165, 1.54) is 0 Å². The second-order valence-electron chi connectivity index (χ2n) is 11.7. The van der Waals surface area contributed by atoms with Gasteiger partial charge in [0.15, 0.2) is 0 Å². The van der Waals surface area contributed by atoms with Crippen LogP contribution in [0.15, 0.2) is 97.1 Å². The van der Waals surface area contributed by atoms with Gasteiger partial charge in [-0.05, 0) is 103 Å². The minimum Gasteiger partial charge on any atom is -0.491 e. The minimum absolute atomic E-state index is 0.122. The molecule has 0 aliphatic heterocycles. The van der Waals surface area contributed by atoms with E-state index in [4.69, 9.17) is 28.4 Å². The van der Waals surface area contributed by atoms with E-state index >= 15 is 0 Å². The van der Waals surface area contributed by atoms with Crippen LogP contribution in [-0.4, -0.2) is 93.9 Å². The minimum atomic E-state index is -0.466. The lowest BCUT2D eigenvalue weighted by molar-refractivity contribution is 0.0325. The Bertz CT molecular complexity index is 1660. The van der Waals surface area contributed by atoms with E-state index in [0.717, 1.165) is 58.2 Å². The van der Waals surface area contributed by atoms with E-state index in [2.05, 4.69) is 53.0 Å². The Labute approximate surface area is 315 Å². The molecule has 0 saturated carbocycles. The maximum absolute atomic E-state index is 11.8. The van der Waals surface area contributed by atoms with Crippen LogP contribution in [0.25, 0.3) is 0 Å². The summed E-state index contributed by atoms with van der Waals surface area (Å²) >= 11 is 0. The Morgan fingerprint density at radius 1 is 0.491 bits per heavy atom. The van der Waals surface area contributed by atoms with Gasteiger partial charge in [0, 0.05) is 61.4 Å². The zero-order chi connectivity index (χ0) is 37.8. The van der Waals surface area contributed by atoms with Gasteiger partial charge in [0.2, 0.25) is 0 Å². The van der Waals surface area contributed by atoms with Crippen LogP contribution in [0.1, 0.15) is 35.6 Å². The van der Waals surface area contributed by atoms with Crippen molar-refractivity contribution >= 4 is 11.4 Å². The molecule has 0 saturated heterocycles. The van der Waals surface area contributed by atoms with E-state index in [9.17, 15) is 4.39 Å². The molecule has 0 aliphatic carbocycles. The molecule has 0 aromatic heterocycles. The van der Waals surface area contributed by atoms with Gasteiger partial charge in [-0.15, -0.1) is 0 Å². The molecule has 4 aromatic rings. The molecule has 0 bridgehead atoms. The molecule has 4 aromatic carbocycles. The van der Waals surface area contributed by atoms with Crippen molar-refractivity contribution in [2.24, 2.45) is 0 Å². The van der Waals surface area contributed by atoms with E-state index in [-0.39, 0.29) is 6.61 Å². The summed E-state index contributed by atoms with van der Waals surface area (Å²) in [7, 11) is 5.93. The second kappa shape index (κ2) is 26.7. The van der Waals surface area contributed by atoms with Gasteiger partial charge in [-0.3, -0.25) is 0 Å². The van der Waals surface area contributed by atoms with Crippen molar-refractivity contribution in [3.05, 3.63) is 119 Å². The highest BCUT2D eigenvalue weighted by Crippen LogP contribution is 2.14. The molecule has 0 radical (unpaired) electrons. The molecule has 0 spiro atoms. The Balaban J connectivity index is 0.000000286. The first-order valence-corrected chi connectivity index (χ1v) is 17.9. The molecule has 0 heterocycles. The summed E-state index contributed by atoms with van der Waals surface area (Å²) in [5.74, 6) is 14.2. The first-order valence-electron chi connectivity index (χ1n) is 17.9. The number of alkyl halides is 1. The molecule has 0 unspecified atom stereocenters. The number of nitrogens with zero attached hydrogens (tertiary/aromatic N) is 1. The summed E-state index contributed by atoms with van der Waals surface area (Å²) in [5, 5.41) is 3.09. The summed E-state index contributed by atoms with van der Waals surface area (Å²) < 4.78 is 44.2. The fourth-order valence-corrected chi connectivity index (χ4v) is 4.40. The van der Waals surface area contributed by atoms with Crippen LogP contribution in [-0.2, 0) is 18.9 Å². The molecule has 53 heavy (non-hydrogen) atoms. The van der Waals surface area contributed by atoms with Crippen LogP contribution in [0.2, 0.25) is 0 Å². The van der Waals surface area contributed by atoms with Gasteiger partial charge in [0.05, 0.1) is 46.2 Å². The first kappa shape index (κ1) is 42.4.